The van der Waals surface area contributed by atoms with Crippen molar-refractivity contribution in [1.29, 1.82) is 0 Å². The second-order valence-corrected chi connectivity index (χ2v) is 8.94. The summed E-state index contributed by atoms with van der Waals surface area (Å²) < 4.78 is 5.41. The number of carbonyl (C=O) groups is 1. The summed E-state index contributed by atoms with van der Waals surface area (Å²) in [6, 6.07) is 11.4. The minimum atomic E-state index is -0.249. The van der Waals surface area contributed by atoms with E-state index in [1.807, 2.05) is 12.1 Å². The van der Waals surface area contributed by atoms with Crippen LogP contribution < -0.4 is 4.90 Å². The first-order valence-electron chi connectivity index (χ1n) is 11.3. The number of hydrogen-bond acceptors (Lipinski definition) is 5. The first-order valence-corrected chi connectivity index (χ1v) is 11.3. The number of rotatable bonds is 7. The van der Waals surface area contributed by atoms with Crippen molar-refractivity contribution in [2.24, 2.45) is 5.92 Å². The number of H-pyrrole nitrogens is 1. The third-order valence-corrected chi connectivity index (χ3v) is 6.09. The first-order chi connectivity index (χ1) is 15.4. The lowest BCUT2D eigenvalue weighted by molar-refractivity contribution is 0.0342. The molecule has 0 bridgehead atoms. The zero-order chi connectivity index (χ0) is 22.7. The van der Waals surface area contributed by atoms with Crippen molar-refractivity contribution < 1.29 is 14.6 Å². The van der Waals surface area contributed by atoms with Crippen LogP contribution in [-0.4, -0.2) is 59.5 Å². The van der Waals surface area contributed by atoms with Gasteiger partial charge in [0, 0.05) is 43.8 Å². The highest BCUT2D eigenvalue weighted by Crippen LogP contribution is 2.29. The third-order valence-electron chi connectivity index (χ3n) is 6.09. The number of morpholine rings is 1. The van der Waals surface area contributed by atoms with Gasteiger partial charge in [0.15, 0.2) is 0 Å². The SMILES string of the molecule is CC(C)CCc1n[nH]c2cc(O)c(C(=O)N(C)c3ccc(CN4CCOCC4)cc3)cc12. The van der Waals surface area contributed by atoms with Gasteiger partial charge in [-0.1, -0.05) is 26.0 Å². The smallest absolute Gasteiger partial charge is 0.261 e. The van der Waals surface area contributed by atoms with Crippen molar-refractivity contribution in [2.45, 2.75) is 33.2 Å². The van der Waals surface area contributed by atoms with Gasteiger partial charge in [0.05, 0.1) is 30.0 Å². The number of aryl methyl sites for hydroxylation is 1. The summed E-state index contributed by atoms with van der Waals surface area (Å²) in [6.45, 7) is 8.66. The van der Waals surface area contributed by atoms with Crippen LogP contribution in [-0.2, 0) is 17.7 Å². The second kappa shape index (κ2) is 9.71. The normalized spacial score (nSPS) is 14.9. The van der Waals surface area contributed by atoms with Crippen molar-refractivity contribution in [3.8, 4) is 5.75 Å². The van der Waals surface area contributed by atoms with E-state index < -0.39 is 0 Å². The number of aromatic nitrogens is 2. The molecule has 1 aliphatic heterocycles. The average Bonchev–Trinajstić information content (AvgIpc) is 3.19. The molecule has 1 saturated heterocycles. The Labute approximate surface area is 189 Å². The zero-order valence-electron chi connectivity index (χ0n) is 19.1. The van der Waals surface area contributed by atoms with Crippen molar-refractivity contribution in [3.05, 3.63) is 53.2 Å². The number of hydrogen-bond donors (Lipinski definition) is 2. The Bertz CT molecular complexity index is 1070. The number of amides is 1. The Morgan fingerprint density at radius 2 is 1.94 bits per heavy atom. The standard InChI is InChI=1S/C25H32N4O3/c1-17(2)4-9-22-20-14-21(24(30)15-23(20)27-26-22)25(31)28(3)19-7-5-18(6-8-19)16-29-10-12-32-13-11-29/h5-8,14-15,17,30H,4,9-13,16H2,1-3H3,(H,26,27). The topological polar surface area (TPSA) is 81.7 Å². The van der Waals surface area contributed by atoms with Gasteiger partial charge < -0.3 is 14.7 Å². The molecule has 1 fully saturated rings. The lowest BCUT2D eigenvalue weighted by atomic mass is 10.0. The van der Waals surface area contributed by atoms with Crippen LogP contribution in [0, 0.1) is 5.92 Å². The molecule has 1 aromatic heterocycles. The number of fused-ring (bicyclic) bond motifs is 1. The van der Waals surface area contributed by atoms with Gasteiger partial charge in [-0.3, -0.25) is 14.8 Å². The van der Waals surface area contributed by atoms with Gasteiger partial charge in [-0.15, -0.1) is 0 Å². The number of aromatic amines is 1. The first kappa shape index (κ1) is 22.3. The van der Waals surface area contributed by atoms with Crippen LogP contribution in [0.4, 0.5) is 5.69 Å². The molecular formula is C25H32N4O3. The summed E-state index contributed by atoms with van der Waals surface area (Å²) >= 11 is 0. The lowest BCUT2D eigenvalue weighted by Crippen LogP contribution is -2.35. The molecule has 0 atom stereocenters. The molecular weight excluding hydrogens is 404 g/mol. The van der Waals surface area contributed by atoms with Gasteiger partial charge in [0.25, 0.3) is 5.91 Å². The fourth-order valence-corrected chi connectivity index (χ4v) is 4.04. The maximum Gasteiger partial charge on any atom is 0.261 e. The molecule has 1 aliphatic rings. The van der Waals surface area contributed by atoms with E-state index in [4.69, 9.17) is 4.74 Å². The quantitative estimate of drug-likeness (QED) is 0.586. The number of phenols is 1. The van der Waals surface area contributed by atoms with E-state index in [9.17, 15) is 9.90 Å². The van der Waals surface area contributed by atoms with E-state index in [0.29, 0.717) is 5.92 Å². The Morgan fingerprint density at radius 1 is 1.22 bits per heavy atom. The Balaban J connectivity index is 1.51. The van der Waals surface area contributed by atoms with Gasteiger partial charge in [0.1, 0.15) is 5.75 Å². The fourth-order valence-electron chi connectivity index (χ4n) is 4.04. The monoisotopic (exact) mass is 436 g/mol. The molecule has 7 heteroatoms. The zero-order valence-corrected chi connectivity index (χ0v) is 19.1. The van der Waals surface area contributed by atoms with Crippen molar-refractivity contribution in [2.75, 3.05) is 38.3 Å². The van der Waals surface area contributed by atoms with Gasteiger partial charge in [0.2, 0.25) is 0 Å². The summed E-state index contributed by atoms with van der Waals surface area (Å²) in [6.07, 6.45) is 1.84. The number of nitrogens with zero attached hydrogens (tertiary/aromatic N) is 3. The van der Waals surface area contributed by atoms with Gasteiger partial charge in [-0.2, -0.15) is 5.10 Å². The Morgan fingerprint density at radius 3 is 2.62 bits per heavy atom. The summed E-state index contributed by atoms with van der Waals surface area (Å²) in [5.74, 6) is 0.274. The molecule has 2 aromatic carbocycles. The molecule has 4 rings (SSSR count). The van der Waals surface area contributed by atoms with Crippen molar-refractivity contribution >= 4 is 22.5 Å². The van der Waals surface area contributed by atoms with E-state index >= 15 is 0 Å². The molecule has 7 nitrogen and oxygen atoms in total. The van der Waals surface area contributed by atoms with Crippen LogP contribution >= 0.6 is 0 Å². The Hall–Kier alpha value is -2.90. The summed E-state index contributed by atoms with van der Waals surface area (Å²) in [5, 5.41) is 18.8. The summed E-state index contributed by atoms with van der Waals surface area (Å²) in [5.41, 5.74) is 3.94. The van der Waals surface area contributed by atoms with Crippen LogP contribution in [0.1, 0.15) is 41.9 Å². The number of benzene rings is 2. The van der Waals surface area contributed by atoms with Crippen LogP contribution in [0.3, 0.4) is 0 Å². The third kappa shape index (κ3) is 4.95. The summed E-state index contributed by atoms with van der Waals surface area (Å²) in [7, 11) is 1.73. The van der Waals surface area contributed by atoms with E-state index in [0.717, 1.165) is 68.0 Å². The molecule has 1 amide bonds. The molecule has 0 saturated carbocycles. The molecule has 32 heavy (non-hydrogen) atoms. The maximum atomic E-state index is 13.2. The van der Waals surface area contributed by atoms with Gasteiger partial charge >= 0.3 is 0 Å². The number of anilines is 1. The molecule has 0 unspecified atom stereocenters. The van der Waals surface area contributed by atoms with Gasteiger partial charge in [-0.05, 0) is 42.5 Å². The molecule has 0 aliphatic carbocycles. The number of aromatic hydroxyl groups is 1. The largest absolute Gasteiger partial charge is 0.507 e. The van der Waals surface area contributed by atoms with Crippen LogP contribution in [0.15, 0.2) is 36.4 Å². The highest BCUT2D eigenvalue weighted by molar-refractivity contribution is 6.09. The van der Waals surface area contributed by atoms with Crippen molar-refractivity contribution in [3.63, 3.8) is 0 Å². The van der Waals surface area contributed by atoms with Crippen LogP contribution in [0.2, 0.25) is 0 Å². The molecule has 0 radical (unpaired) electrons. The fraction of sp³-hybridized carbons (Fsp3) is 0.440. The van der Waals surface area contributed by atoms with E-state index in [1.54, 1.807) is 24.1 Å². The van der Waals surface area contributed by atoms with Gasteiger partial charge in [-0.25, -0.2) is 0 Å². The number of nitrogens with one attached hydrogen (secondary N) is 1. The molecule has 170 valence electrons. The Kier molecular flexibility index (Phi) is 6.77. The minimum absolute atomic E-state index is 0.0441. The van der Waals surface area contributed by atoms with Crippen molar-refractivity contribution in [1.82, 2.24) is 15.1 Å². The predicted molar refractivity (Wildman–Crippen MR) is 126 cm³/mol. The molecule has 3 aromatic rings. The van der Waals surface area contributed by atoms with E-state index in [2.05, 4.69) is 41.1 Å². The summed E-state index contributed by atoms with van der Waals surface area (Å²) in [4.78, 5) is 17.2. The highest BCUT2D eigenvalue weighted by Gasteiger charge is 2.20. The predicted octanol–water partition coefficient (Wildman–Crippen LogP) is 3.97. The number of carbonyl (C=O) groups excluding carboxylic acids is 1. The number of phenolic OH excluding ortho intramolecular Hbond substituents is 1. The molecule has 2 N–H and O–H groups in total. The number of ether oxygens (including phenoxy) is 1. The molecule has 0 spiro atoms. The maximum absolute atomic E-state index is 13.2. The highest BCUT2D eigenvalue weighted by atomic mass is 16.5. The minimum Gasteiger partial charge on any atom is -0.507 e. The van der Waals surface area contributed by atoms with E-state index in [1.165, 1.54) is 5.56 Å². The average molecular weight is 437 g/mol. The second-order valence-electron chi connectivity index (χ2n) is 8.94. The van der Waals surface area contributed by atoms with E-state index in [-0.39, 0.29) is 17.2 Å². The molecule has 2 heterocycles. The van der Waals surface area contributed by atoms with Crippen LogP contribution in [0.5, 0.6) is 5.75 Å². The lowest BCUT2D eigenvalue weighted by Gasteiger charge is -2.26. The van der Waals surface area contributed by atoms with Crippen LogP contribution in [0.25, 0.3) is 10.9 Å².